The van der Waals surface area contributed by atoms with Gasteiger partial charge in [0.05, 0.1) is 18.2 Å². The zero-order valence-electron chi connectivity index (χ0n) is 26.5. The second kappa shape index (κ2) is 14.0. The maximum Gasteiger partial charge on any atom is 0.412 e. The lowest BCUT2D eigenvalue weighted by molar-refractivity contribution is -0.144. The van der Waals surface area contributed by atoms with Crippen LogP contribution in [0.3, 0.4) is 0 Å². The Bertz CT molecular complexity index is 2180. The molecule has 0 saturated heterocycles. The van der Waals surface area contributed by atoms with Gasteiger partial charge in [-0.3, -0.25) is 4.79 Å². The van der Waals surface area contributed by atoms with Gasteiger partial charge in [-0.05, 0) is 81.7 Å². The van der Waals surface area contributed by atoms with Crippen LogP contribution in [0, 0.1) is 0 Å². The first-order chi connectivity index (χ1) is 24.0. The quantitative estimate of drug-likeness (QED) is 0.132. The highest BCUT2D eigenvalue weighted by Gasteiger charge is 2.41. The molecule has 6 rings (SSSR count). The molecule has 0 saturated carbocycles. The van der Waals surface area contributed by atoms with Gasteiger partial charge >= 0.3 is 18.1 Å². The summed E-state index contributed by atoms with van der Waals surface area (Å²) in [6, 6.07) is 33.9. The zero-order chi connectivity index (χ0) is 35.4. The largest absolute Gasteiger partial charge is 0.478 e. The van der Waals surface area contributed by atoms with Crippen LogP contribution in [0.1, 0.15) is 42.7 Å². The normalized spacial score (nSPS) is 11.8. The Balaban J connectivity index is 1.13. The number of anilines is 2. The Morgan fingerprint density at radius 3 is 1.66 bits per heavy atom. The molecule has 50 heavy (non-hydrogen) atoms. The minimum atomic E-state index is -4.65. The van der Waals surface area contributed by atoms with Crippen LogP contribution in [0.4, 0.5) is 24.5 Å². The van der Waals surface area contributed by atoms with E-state index >= 15 is 0 Å². The number of fused-ring (bicyclic) bond motifs is 1. The van der Waals surface area contributed by atoms with Crippen LogP contribution in [0.5, 0.6) is 0 Å². The number of benzene rings is 6. The number of nitrogens with one attached hydrogen (secondary N) is 2. The van der Waals surface area contributed by atoms with Gasteiger partial charge in [0.15, 0.2) is 0 Å². The average Bonchev–Trinajstić information content (AvgIpc) is 3.13. The van der Waals surface area contributed by atoms with Crippen molar-refractivity contribution in [2.24, 2.45) is 0 Å². The minimum Gasteiger partial charge on any atom is -0.478 e. The minimum absolute atomic E-state index is 0.000759. The smallest absolute Gasteiger partial charge is 0.412 e. The van der Waals surface area contributed by atoms with Crippen molar-refractivity contribution in [3.8, 4) is 22.3 Å². The fourth-order valence-corrected chi connectivity index (χ4v) is 5.67. The van der Waals surface area contributed by atoms with Crippen molar-refractivity contribution < 1.29 is 37.4 Å². The number of esters is 1. The van der Waals surface area contributed by atoms with Crippen molar-refractivity contribution in [2.45, 2.75) is 12.2 Å². The second-order valence-corrected chi connectivity index (χ2v) is 11.4. The van der Waals surface area contributed by atoms with Crippen molar-refractivity contribution in [1.82, 2.24) is 0 Å². The van der Waals surface area contributed by atoms with Gasteiger partial charge in [-0.15, -0.1) is 0 Å². The molecule has 1 atom stereocenters. The lowest BCUT2D eigenvalue weighted by atomic mass is 9.98. The molecule has 0 radical (unpaired) electrons. The first-order valence-electron chi connectivity index (χ1n) is 15.4. The standard InChI is InChI=1S/C40H29F3N2O5/c1-50-39(49)30-16-10-26(11-17-30)25-8-14-29(15-9-25)37(46)44-31-20-18-27(19-21-31)24-6-12-28(13-7-24)36(40(41,42)43)45-35-23-22-34(38(47)48)32-4-2-3-5-33(32)35/h2-23,36,45H,1H3,(H,44,46)(H,47,48). The zero-order valence-corrected chi connectivity index (χ0v) is 26.5. The molecule has 0 fully saturated rings. The third-order valence-corrected chi connectivity index (χ3v) is 8.29. The van der Waals surface area contributed by atoms with Gasteiger partial charge < -0.3 is 20.5 Å². The van der Waals surface area contributed by atoms with Crippen molar-refractivity contribution in [1.29, 1.82) is 0 Å². The van der Waals surface area contributed by atoms with Gasteiger partial charge in [0.25, 0.3) is 5.91 Å². The molecule has 10 heteroatoms. The van der Waals surface area contributed by atoms with Crippen LogP contribution >= 0.6 is 0 Å². The van der Waals surface area contributed by atoms with E-state index in [1.54, 1.807) is 97.1 Å². The van der Waals surface area contributed by atoms with E-state index < -0.39 is 24.2 Å². The Labute approximate surface area is 285 Å². The monoisotopic (exact) mass is 674 g/mol. The van der Waals surface area contributed by atoms with Gasteiger partial charge in [-0.1, -0.05) is 84.9 Å². The number of carboxylic acids is 1. The van der Waals surface area contributed by atoms with Crippen molar-refractivity contribution >= 4 is 40.0 Å². The maximum absolute atomic E-state index is 14.3. The molecule has 1 amide bonds. The van der Waals surface area contributed by atoms with E-state index in [0.717, 1.165) is 16.7 Å². The molecule has 6 aromatic carbocycles. The molecule has 0 aliphatic heterocycles. The van der Waals surface area contributed by atoms with Gasteiger partial charge in [0.2, 0.25) is 0 Å². The number of methoxy groups -OCH3 is 1. The van der Waals surface area contributed by atoms with Gasteiger partial charge in [-0.2, -0.15) is 13.2 Å². The van der Waals surface area contributed by atoms with Crippen molar-refractivity contribution in [3.05, 3.63) is 156 Å². The number of alkyl halides is 3. The number of carbonyl (C=O) groups excluding carboxylic acids is 2. The van der Waals surface area contributed by atoms with E-state index in [9.17, 15) is 32.7 Å². The molecule has 250 valence electrons. The number of amides is 1. The Hall–Kier alpha value is -6.42. The number of carbonyl (C=O) groups is 3. The Morgan fingerprint density at radius 1 is 0.640 bits per heavy atom. The molecule has 0 aliphatic rings. The fourth-order valence-electron chi connectivity index (χ4n) is 5.67. The highest BCUT2D eigenvalue weighted by molar-refractivity contribution is 6.08. The molecule has 0 spiro atoms. The summed E-state index contributed by atoms with van der Waals surface area (Å²) in [5.74, 6) is -1.90. The number of carboxylic acid groups (broad SMARTS) is 1. The number of aromatic carboxylic acids is 1. The molecule has 0 heterocycles. The number of hydrogen-bond acceptors (Lipinski definition) is 5. The van der Waals surface area contributed by atoms with Gasteiger partial charge in [0, 0.05) is 22.3 Å². The average molecular weight is 675 g/mol. The molecule has 1 unspecified atom stereocenters. The van der Waals surface area contributed by atoms with E-state index in [2.05, 4.69) is 10.6 Å². The van der Waals surface area contributed by atoms with Crippen LogP contribution in [0.25, 0.3) is 33.0 Å². The molecule has 0 aromatic heterocycles. The van der Waals surface area contributed by atoms with Crippen LogP contribution in [-0.2, 0) is 4.74 Å². The lowest BCUT2D eigenvalue weighted by Gasteiger charge is -2.24. The van der Waals surface area contributed by atoms with E-state index in [1.165, 1.54) is 31.4 Å². The third kappa shape index (κ3) is 7.19. The topological polar surface area (TPSA) is 105 Å². The third-order valence-electron chi connectivity index (χ3n) is 8.29. The second-order valence-electron chi connectivity index (χ2n) is 11.4. The first kappa shape index (κ1) is 33.5. The van der Waals surface area contributed by atoms with E-state index in [-0.39, 0.29) is 22.7 Å². The van der Waals surface area contributed by atoms with Gasteiger partial charge in [0.1, 0.15) is 6.04 Å². The summed E-state index contributed by atoms with van der Waals surface area (Å²) in [5.41, 5.74) is 4.74. The highest BCUT2D eigenvalue weighted by atomic mass is 19.4. The number of ether oxygens (including phenoxy) is 1. The summed E-state index contributed by atoms with van der Waals surface area (Å²) in [6.45, 7) is 0. The molecule has 3 N–H and O–H groups in total. The number of halogens is 3. The predicted octanol–water partition coefficient (Wildman–Crippen LogP) is 9.63. The van der Waals surface area contributed by atoms with Crippen LogP contribution in [-0.4, -0.2) is 36.2 Å². The van der Waals surface area contributed by atoms with Gasteiger partial charge in [-0.25, -0.2) is 9.59 Å². The molecule has 7 nitrogen and oxygen atoms in total. The fraction of sp³-hybridized carbons (Fsp3) is 0.0750. The van der Waals surface area contributed by atoms with E-state index in [1.807, 2.05) is 12.1 Å². The first-order valence-corrected chi connectivity index (χ1v) is 15.4. The van der Waals surface area contributed by atoms with Crippen LogP contribution in [0.15, 0.2) is 133 Å². The molecule has 0 bridgehead atoms. The summed E-state index contributed by atoms with van der Waals surface area (Å²) in [7, 11) is 1.32. The van der Waals surface area contributed by atoms with Crippen LogP contribution < -0.4 is 10.6 Å². The number of hydrogen-bond donors (Lipinski definition) is 3. The SMILES string of the molecule is COC(=O)c1ccc(-c2ccc(C(=O)Nc3ccc(-c4ccc(C(Nc5ccc(C(=O)O)c6ccccc56)C(F)(F)F)cc4)cc3)cc2)cc1. The summed E-state index contributed by atoms with van der Waals surface area (Å²) >= 11 is 0. The van der Waals surface area contributed by atoms with E-state index in [0.29, 0.717) is 33.2 Å². The maximum atomic E-state index is 14.3. The summed E-state index contributed by atoms with van der Waals surface area (Å²) in [6.07, 6.45) is -4.65. The lowest BCUT2D eigenvalue weighted by Crippen LogP contribution is -2.28. The summed E-state index contributed by atoms with van der Waals surface area (Å²) in [5, 5.41) is 15.7. The molecular weight excluding hydrogens is 645 g/mol. The summed E-state index contributed by atoms with van der Waals surface area (Å²) < 4.78 is 47.7. The van der Waals surface area contributed by atoms with Crippen molar-refractivity contribution in [2.75, 3.05) is 17.7 Å². The summed E-state index contributed by atoms with van der Waals surface area (Å²) in [4.78, 5) is 36.2. The number of rotatable bonds is 9. The van der Waals surface area contributed by atoms with Crippen LogP contribution in [0.2, 0.25) is 0 Å². The van der Waals surface area contributed by atoms with Crippen molar-refractivity contribution in [3.63, 3.8) is 0 Å². The predicted molar refractivity (Wildman–Crippen MR) is 186 cm³/mol. The highest BCUT2D eigenvalue weighted by Crippen LogP contribution is 2.39. The molecule has 0 aliphatic carbocycles. The Kier molecular flexibility index (Phi) is 9.36. The molecular formula is C40H29F3N2O5. The van der Waals surface area contributed by atoms with E-state index in [4.69, 9.17) is 4.74 Å². The Morgan fingerprint density at radius 2 is 1.14 bits per heavy atom. The molecule has 6 aromatic rings.